The zero-order valence-electron chi connectivity index (χ0n) is 20.5. The van der Waals surface area contributed by atoms with Gasteiger partial charge in [0.2, 0.25) is 0 Å². The Balaban J connectivity index is 1.53. The normalized spacial score (nSPS) is 18.3. The number of halogens is 4. The molecule has 5 nitrogen and oxygen atoms in total. The molecule has 0 unspecified atom stereocenters. The predicted molar refractivity (Wildman–Crippen MR) is 132 cm³/mol. The molecule has 1 aliphatic rings. The summed E-state index contributed by atoms with van der Waals surface area (Å²) in [5.41, 5.74) is 1.31. The minimum absolute atomic E-state index is 0.0679. The van der Waals surface area contributed by atoms with Crippen molar-refractivity contribution in [3.63, 3.8) is 0 Å². The smallest absolute Gasteiger partial charge is 0.286 e. The van der Waals surface area contributed by atoms with E-state index >= 15 is 0 Å². The van der Waals surface area contributed by atoms with Gasteiger partial charge in [-0.1, -0.05) is 12.1 Å². The largest absolute Gasteiger partial charge is 0.435 e. The van der Waals surface area contributed by atoms with Gasteiger partial charge in [0.05, 0.1) is 12.2 Å². The van der Waals surface area contributed by atoms with E-state index in [0.29, 0.717) is 35.1 Å². The maximum atomic E-state index is 14.6. The molecular weight excluding hydrogens is 484 g/mol. The van der Waals surface area contributed by atoms with Crippen molar-refractivity contribution < 1.29 is 17.6 Å². The number of alkyl halides is 3. The Bertz CT molecular complexity index is 1500. The fraction of sp³-hybridized carbons (Fsp3) is 0.357. The first-order valence-electron chi connectivity index (χ1n) is 12.3. The van der Waals surface area contributed by atoms with Gasteiger partial charge < -0.3 is 0 Å². The van der Waals surface area contributed by atoms with Crippen LogP contribution < -0.4 is 5.56 Å². The highest BCUT2D eigenvalue weighted by molar-refractivity contribution is 5.76. The Hall–Kier alpha value is -3.62. The Kier molecular flexibility index (Phi) is 6.56. The minimum Gasteiger partial charge on any atom is -0.286 e. The van der Waals surface area contributed by atoms with Gasteiger partial charge in [-0.05, 0) is 86.8 Å². The summed E-state index contributed by atoms with van der Waals surface area (Å²) in [5, 5.41) is 0.671. The first kappa shape index (κ1) is 25.0. The van der Waals surface area contributed by atoms with Crippen LogP contribution in [0.1, 0.15) is 71.3 Å². The van der Waals surface area contributed by atoms with E-state index in [1.54, 1.807) is 19.1 Å². The molecule has 0 spiro atoms. The third-order valence-electron chi connectivity index (χ3n) is 7.30. The van der Waals surface area contributed by atoms with Crippen molar-refractivity contribution in [1.82, 2.24) is 19.5 Å². The molecule has 3 heterocycles. The third-order valence-corrected chi connectivity index (χ3v) is 7.30. The van der Waals surface area contributed by atoms with E-state index in [-0.39, 0.29) is 28.9 Å². The van der Waals surface area contributed by atoms with E-state index in [0.717, 1.165) is 30.2 Å². The highest BCUT2D eigenvalue weighted by Crippen LogP contribution is 2.42. The van der Waals surface area contributed by atoms with Gasteiger partial charge >= 0.3 is 6.18 Å². The molecule has 0 aliphatic heterocycles. The lowest BCUT2D eigenvalue weighted by Gasteiger charge is -2.30. The zero-order chi connectivity index (χ0) is 26.3. The van der Waals surface area contributed by atoms with E-state index in [4.69, 9.17) is 0 Å². The summed E-state index contributed by atoms with van der Waals surface area (Å²) in [4.78, 5) is 25.6. The highest BCUT2D eigenvalue weighted by Gasteiger charge is 2.36. The van der Waals surface area contributed by atoms with E-state index in [1.807, 2.05) is 25.1 Å². The SMILES string of the molecule is Cc1ccc2cc(C3CCC(c4c(C)cccc4F)CC3)c(=O)n(Cc3nccnc3C(F)(F)F)c2n1. The Morgan fingerprint density at radius 3 is 2.38 bits per heavy atom. The van der Waals surface area contributed by atoms with Crippen molar-refractivity contribution in [3.8, 4) is 0 Å². The molecule has 0 amide bonds. The number of fused-ring (bicyclic) bond motifs is 1. The number of nitrogens with zero attached hydrogens (tertiary/aromatic N) is 4. The molecule has 4 aromatic rings. The van der Waals surface area contributed by atoms with Crippen molar-refractivity contribution >= 4 is 11.0 Å². The maximum absolute atomic E-state index is 14.6. The first-order chi connectivity index (χ1) is 17.6. The highest BCUT2D eigenvalue weighted by atomic mass is 19.4. The van der Waals surface area contributed by atoms with Crippen LogP contribution in [0.4, 0.5) is 17.6 Å². The van der Waals surface area contributed by atoms with Crippen molar-refractivity contribution in [2.45, 2.75) is 64.1 Å². The lowest BCUT2D eigenvalue weighted by Crippen LogP contribution is -2.29. The van der Waals surface area contributed by atoms with Crippen LogP contribution >= 0.6 is 0 Å². The molecule has 3 aromatic heterocycles. The molecule has 192 valence electrons. The summed E-state index contributed by atoms with van der Waals surface area (Å²) in [6.07, 6.45) is 0.271. The quantitative estimate of drug-likeness (QED) is 0.296. The van der Waals surface area contributed by atoms with E-state index in [1.165, 1.54) is 16.8 Å². The predicted octanol–water partition coefficient (Wildman–Crippen LogP) is 6.45. The Morgan fingerprint density at radius 2 is 1.68 bits per heavy atom. The number of benzene rings is 1. The second-order valence-corrected chi connectivity index (χ2v) is 9.72. The van der Waals surface area contributed by atoms with E-state index in [2.05, 4.69) is 15.0 Å². The van der Waals surface area contributed by atoms with Crippen LogP contribution in [-0.2, 0) is 12.7 Å². The van der Waals surface area contributed by atoms with E-state index in [9.17, 15) is 22.4 Å². The number of aromatic nitrogens is 4. The topological polar surface area (TPSA) is 60.7 Å². The van der Waals surface area contributed by atoms with Gasteiger partial charge in [0.25, 0.3) is 5.56 Å². The Labute approximate surface area is 211 Å². The number of pyridine rings is 2. The van der Waals surface area contributed by atoms with Crippen LogP contribution in [0.25, 0.3) is 11.0 Å². The van der Waals surface area contributed by atoms with Crippen molar-refractivity contribution in [2.24, 2.45) is 0 Å². The molecule has 1 fully saturated rings. The van der Waals surface area contributed by atoms with Gasteiger partial charge in [-0.15, -0.1) is 0 Å². The van der Waals surface area contributed by atoms with Crippen LogP contribution in [0.5, 0.6) is 0 Å². The summed E-state index contributed by atoms with van der Waals surface area (Å²) >= 11 is 0. The standard InChI is InChI=1S/C28H26F4N4O/c1-16-4-3-5-22(29)24(16)19-10-8-18(9-11-19)21-14-20-7-6-17(2)35-26(20)36(27(21)37)15-23-25(28(30,31)32)34-13-12-33-23/h3-7,12-14,18-19H,8-11,15H2,1-2H3. The molecule has 1 saturated carbocycles. The summed E-state index contributed by atoms with van der Waals surface area (Å²) in [7, 11) is 0. The van der Waals surface area contributed by atoms with Crippen LogP contribution in [0.2, 0.25) is 0 Å². The van der Waals surface area contributed by atoms with E-state index < -0.39 is 18.4 Å². The molecule has 0 saturated heterocycles. The van der Waals surface area contributed by atoms with Crippen LogP contribution in [0.3, 0.4) is 0 Å². The van der Waals surface area contributed by atoms with Gasteiger partial charge in [-0.25, -0.2) is 14.4 Å². The van der Waals surface area contributed by atoms with Gasteiger partial charge in [0, 0.05) is 29.0 Å². The molecule has 5 rings (SSSR count). The zero-order valence-corrected chi connectivity index (χ0v) is 20.5. The molecule has 1 aliphatic carbocycles. The molecule has 1 aromatic carbocycles. The third kappa shape index (κ3) is 4.86. The maximum Gasteiger partial charge on any atom is 0.435 e. The second kappa shape index (κ2) is 9.68. The lowest BCUT2D eigenvalue weighted by molar-refractivity contribution is -0.142. The van der Waals surface area contributed by atoms with Crippen molar-refractivity contribution in [2.75, 3.05) is 0 Å². The summed E-state index contributed by atoms with van der Waals surface area (Å²) < 4.78 is 56.6. The van der Waals surface area contributed by atoms with Gasteiger partial charge in [-0.3, -0.25) is 14.3 Å². The van der Waals surface area contributed by atoms with Gasteiger partial charge in [0.1, 0.15) is 11.5 Å². The minimum atomic E-state index is -4.70. The van der Waals surface area contributed by atoms with Crippen LogP contribution in [0, 0.1) is 19.7 Å². The average molecular weight is 511 g/mol. The number of rotatable bonds is 4. The summed E-state index contributed by atoms with van der Waals surface area (Å²) in [5.74, 6) is -0.225. The van der Waals surface area contributed by atoms with Crippen molar-refractivity contribution in [1.29, 1.82) is 0 Å². The molecule has 37 heavy (non-hydrogen) atoms. The molecular formula is C28H26F4N4O. The average Bonchev–Trinajstić information content (AvgIpc) is 2.86. The molecule has 9 heteroatoms. The molecule has 0 bridgehead atoms. The summed E-state index contributed by atoms with van der Waals surface area (Å²) in [6.45, 7) is 3.27. The fourth-order valence-electron chi connectivity index (χ4n) is 5.53. The fourth-order valence-corrected chi connectivity index (χ4v) is 5.53. The van der Waals surface area contributed by atoms with Gasteiger partial charge in [-0.2, -0.15) is 13.2 Å². The monoisotopic (exact) mass is 510 g/mol. The number of hydrogen-bond acceptors (Lipinski definition) is 4. The van der Waals surface area contributed by atoms with Crippen molar-refractivity contribution in [3.05, 3.63) is 98.7 Å². The molecule has 0 radical (unpaired) electrons. The Morgan fingerprint density at radius 1 is 0.973 bits per heavy atom. The second-order valence-electron chi connectivity index (χ2n) is 9.72. The number of aryl methyl sites for hydroxylation is 2. The molecule has 0 N–H and O–H groups in total. The lowest BCUT2D eigenvalue weighted by atomic mass is 9.75. The first-order valence-corrected chi connectivity index (χ1v) is 12.3. The van der Waals surface area contributed by atoms with Crippen LogP contribution in [0.15, 0.2) is 53.6 Å². The number of hydrogen-bond donors (Lipinski definition) is 0. The summed E-state index contributed by atoms with van der Waals surface area (Å²) in [6, 6.07) is 10.5. The molecule has 0 atom stereocenters. The van der Waals surface area contributed by atoms with Crippen LogP contribution in [-0.4, -0.2) is 19.5 Å². The van der Waals surface area contributed by atoms with Gasteiger partial charge in [0.15, 0.2) is 5.69 Å².